The molecule has 0 saturated heterocycles. The number of benzene rings is 1. The molecular weight excluding hydrogens is 234 g/mol. The van der Waals surface area contributed by atoms with Crippen molar-refractivity contribution in [1.82, 2.24) is 10.3 Å². The minimum absolute atomic E-state index is 0.298. The van der Waals surface area contributed by atoms with E-state index >= 15 is 0 Å². The molecule has 0 aliphatic heterocycles. The molecule has 1 unspecified atom stereocenters. The highest BCUT2D eigenvalue weighted by molar-refractivity contribution is 5.36. The van der Waals surface area contributed by atoms with Gasteiger partial charge in [0, 0.05) is 18.0 Å². The van der Waals surface area contributed by atoms with E-state index < -0.39 is 11.6 Å². The summed E-state index contributed by atoms with van der Waals surface area (Å²) in [5.74, 6) is -0.870. The van der Waals surface area contributed by atoms with Crippen LogP contribution in [0.25, 0.3) is 0 Å². The second-order valence-corrected chi connectivity index (χ2v) is 4.12. The summed E-state index contributed by atoms with van der Waals surface area (Å²) in [5, 5.41) is 3.01. The quantitative estimate of drug-likeness (QED) is 0.903. The molecule has 0 spiro atoms. The SMILES string of the molecule is CNC(c1ccncc1C)c1cc(F)ccc1F. The molecule has 1 aromatic heterocycles. The van der Waals surface area contributed by atoms with Crippen molar-refractivity contribution < 1.29 is 8.78 Å². The van der Waals surface area contributed by atoms with Crippen molar-refractivity contribution in [1.29, 1.82) is 0 Å². The van der Waals surface area contributed by atoms with Crippen molar-refractivity contribution in [3.63, 3.8) is 0 Å². The van der Waals surface area contributed by atoms with Crippen LogP contribution in [-0.4, -0.2) is 12.0 Å². The molecule has 1 heterocycles. The van der Waals surface area contributed by atoms with Gasteiger partial charge in [-0.05, 0) is 49.4 Å². The van der Waals surface area contributed by atoms with Gasteiger partial charge in [0.05, 0.1) is 6.04 Å². The average molecular weight is 248 g/mol. The summed E-state index contributed by atoms with van der Waals surface area (Å²) in [5.41, 5.74) is 2.12. The maximum Gasteiger partial charge on any atom is 0.128 e. The Bertz CT molecular complexity index is 555. The van der Waals surface area contributed by atoms with Crippen LogP contribution in [0.1, 0.15) is 22.7 Å². The summed E-state index contributed by atoms with van der Waals surface area (Å²) in [7, 11) is 1.72. The predicted molar refractivity (Wildman–Crippen MR) is 66.2 cm³/mol. The van der Waals surface area contributed by atoms with Crippen LogP contribution in [0.4, 0.5) is 8.78 Å². The summed E-state index contributed by atoms with van der Waals surface area (Å²) < 4.78 is 27.1. The number of pyridine rings is 1. The van der Waals surface area contributed by atoms with E-state index in [1.54, 1.807) is 25.5 Å². The van der Waals surface area contributed by atoms with E-state index in [2.05, 4.69) is 10.3 Å². The molecule has 0 fully saturated rings. The van der Waals surface area contributed by atoms with Crippen molar-refractivity contribution >= 4 is 0 Å². The predicted octanol–water partition coefficient (Wildman–Crippen LogP) is 2.98. The third kappa shape index (κ3) is 2.38. The molecule has 1 atom stereocenters. The van der Waals surface area contributed by atoms with Crippen molar-refractivity contribution in [3.8, 4) is 0 Å². The van der Waals surface area contributed by atoms with E-state index in [4.69, 9.17) is 0 Å². The number of halogens is 2. The first-order valence-corrected chi connectivity index (χ1v) is 5.66. The molecule has 94 valence electrons. The Kier molecular flexibility index (Phi) is 3.67. The summed E-state index contributed by atoms with van der Waals surface area (Å²) in [6.07, 6.45) is 3.35. The lowest BCUT2D eigenvalue weighted by Crippen LogP contribution is -2.20. The number of aryl methyl sites for hydroxylation is 1. The lowest BCUT2D eigenvalue weighted by atomic mass is 9.96. The fourth-order valence-electron chi connectivity index (χ4n) is 2.02. The molecule has 0 saturated carbocycles. The van der Waals surface area contributed by atoms with Crippen LogP contribution >= 0.6 is 0 Å². The molecule has 0 radical (unpaired) electrons. The first kappa shape index (κ1) is 12.6. The molecule has 0 aliphatic carbocycles. The summed E-state index contributed by atoms with van der Waals surface area (Å²) in [6.45, 7) is 1.89. The Morgan fingerprint density at radius 3 is 2.61 bits per heavy atom. The van der Waals surface area contributed by atoms with Gasteiger partial charge in [-0.2, -0.15) is 0 Å². The van der Waals surface area contributed by atoms with E-state index in [0.29, 0.717) is 5.56 Å². The van der Waals surface area contributed by atoms with Gasteiger partial charge in [0.25, 0.3) is 0 Å². The number of aromatic nitrogens is 1. The van der Waals surface area contributed by atoms with E-state index in [0.717, 1.165) is 23.3 Å². The van der Waals surface area contributed by atoms with Crippen LogP contribution in [0.15, 0.2) is 36.7 Å². The smallest absolute Gasteiger partial charge is 0.128 e. The lowest BCUT2D eigenvalue weighted by molar-refractivity contribution is 0.557. The first-order valence-electron chi connectivity index (χ1n) is 5.66. The molecule has 0 bridgehead atoms. The summed E-state index contributed by atoms with van der Waals surface area (Å²) in [6, 6.07) is 4.90. The first-order chi connectivity index (χ1) is 8.63. The fraction of sp³-hybridized carbons (Fsp3) is 0.214. The Hall–Kier alpha value is -1.81. The van der Waals surface area contributed by atoms with Crippen LogP contribution < -0.4 is 5.32 Å². The molecule has 0 aliphatic rings. The number of hydrogen-bond acceptors (Lipinski definition) is 2. The van der Waals surface area contributed by atoms with Gasteiger partial charge in [0.2, 0.25) is 0 Å². The van der Waals surface area contributed by atoms with Crippen molar-refractivity contribution in [2.75, 3.05) is 7.05 Å². The zero-order chi connectivity index (χ0) is 13.1. The van der Waals surface area contributed by atoms with Gasteiger partial charge < -0.3 is 5.32 Å². The van der Waals surface area contributed by atoms with Crippen LogP contribution in [0.5, 0.6) is 0 Å². The number of nitrogens with zero attached hydrogens (tertiary/aromatic N) is 1. The van der Waals surface area contributed by atoms with Gasteiger partial charge in [-0.3, -0.25) is 4.98 Å². The largest absolute Gasteiger partial charge is 0.309 e. The standard InChI is InChI=1S/C14H14F2N2/c1-9-8-18-6-5-11(9)14(17-2)12-7-10(15)3-4-13(12)16/h3-8,14,17H,1-2H3. The third-order valence-corrected chi connectivity index (χ3v) is 2.93. The lowest BCUT2D eigenvalue weighted by Gasteiger charge is -2.19. The molecular formula is C14H14F2N2. The average Bonchev–Trinajstić information content (AvgIpc) is 2.36. The second kappa shape index (κ2) is 5.23. The minimum Gasteiger partial charge on any atom is -0.309 e. The molecule has 2 rings (SSSR count). The number of rotatable bonds is 3. The highest BCUT2D eigenvalue weighted by Gasteiger charge is 2.18. The second-order valence-electron chi connectivity index (χ2n) is 4.12. The maximum absolute atomic E-state index is 13.8. The highest BCUT2D eigenvalue weighted by Crippen LogP contribution is 2.26. The van der Waals surface area contributed by atoms with Crippen LogP contribution in [-0.2, 0) is 0 Å². The molecule has 2 nitrogen and oxygen atoms in total. The van der Waals surface area contributed by atoms with Crippen LogP contribution in [0.2, 0.25) is 0 Å². The van der Waals surface area contributed by atoms with Gasteiger partial charge in [-0.25, -0.2) is 8.78 Å². The molecule has 2 aromatic rings. The van der Waals surface area contributed by atoms with E-state index in [1.807, 2.05) is 6.92 Å². The highest BCUT2D eigenvalue weighted by atomic mass is 19.1. The maximum atomic E-state index is 13.8. The Morgan fingerprint density at radius 2 is 1.94 bits per heavy atom. The number of hydrogen-bond donors (Lipinski definition) is 1. The van der Waals surface area contributed by atoms with Gasteiger partial charge in [0.15, 0.2) is 0 Å². The van der Waals surface area contributed by atoms with E-state index in [9.17, 15) is 8.78 Å². The molecule has 4 heteroatoms. The molecule has 1 aromatic carbocycles. The zero-order valence-corrected chi connectivity index (χ0v) is 10.2. The third-order valence-electron chi connectivity index (χ3n) is 2.93. The van der Waals surface area contributed by atoms with Gasteiger partial charge in [0.1, 0.15) is 11.6 Å². The van der Waals surface area contributed by atoms with Gasteiger partial charge in [-0.1, -0.05) is 0 Å². The zero-order valence-electron chi connectivity index (χ0n) is 10.2. The molecule has 1 N–H and O–H groups in total. The van der Waals surface area contributed by atoms with Gasteiger partial charge >= 0.3 is 0 Å². The van der Waals surface area contributed by atoms with Crippen molar-refractivity contribution in [2.24, 2.45) is 0 Å². The normalized spacial score (nSPS) is 12.4. The Morgan fingerprint density at radius 1 is 1.17 bits per heavy atom. The summed E-state index contributed by atoms with van der Waals surface area (Å²) >= 11 is 0. The molecule has 18 heavy (non-hydrogen) atoms. The monoisotopic (exact) mass is 248 g/mol. The van der Waals surface area contributed by atoms with Crippen LogP contribution in [0, 0.1) is 18.6 Å². The fourth-order valence-corrected chi connectivity index (χ4v) is 2.02. The molecule has 0 amide bonds. The number of nitrogens with one attached hydrogen (secondary N) is 1. The van der Waals surface area contributed by atoms with Crippen molar-refractivity contribution in [2.45, 2.75) is 13.0 Å². The Balaban J connectivity index is 2.52. The van der Waals surface area contributed by atoms with E-state index in [1.165, 1.54) is 6.07 Å². The Labute approximate surface area is 105 Å². The summed E-state index contributed by atoms with van der Waals surface area (Å²) in [4.78, 5) is 4.00. The topological polar surface area (TPSA) is 24.9 Å². The van der Waals surface area contributed by atoms with Gasteiger partial charge in [-0.15, -0.1) is 0 Å². The van der Waals surface area contributed by atoms with E-state index in [-0.39, 0.29) is 6.04 Å². The van der Waals surface area contributed by atoms with Crippen molar-refractivity contribution in [3.05, 3.63) is 65.0 Å². The van der Waals surface area contributed by atoms with Crippen LogP contribution in [0.3, 0.4) is 0 Å². The minimum atomic E-state index is -0.446.